The molecule has 0 atom stereocenters. The summed E-state index contributed by atoms with van der Waals surface area (Å²) in [5.41, 5.74) is 0.796. The second-order valence-electron chi connectivity index (χ2n) is 7.03. The van der Waals surface area contributed by atoms with Gasteiger partial charge >= 0.3 is 12.3 Å². The summed E-state index contributed by atoms with van der Waals surface area (Å²) < 4.78 is 45.3. The fourth-order valence-corrected chi connectivity index (χ4v) is 3.17. The molecule has 1 heterocycles. The van der Waals surface area contributed by atoms with E-state index in [9.17, 15) is 27.6 Å². The molecule has 2 aromatic rings. The summed E-state index contributed by atoms with van der Waals surface area (Å²) in [5, 5.41) is 14.5. The van der Waals surface area contributed by atoms with Crippen LogP contribution in [0.4, 0.5) is 24.5 Å². The van der Waals surface area contributed by atoms with Gasteiger partial charge in [0.25, 0.3) is 11.8 Å². The van der Waals surface area contributed by atoms with Gasteiger partial charge in [0, 0.05) is 23.5 Å². The van der Waals surface area contributed by atoms with E-state index in [1.165, 1.54) is 36.3 Å². The highest BCUT2D eigenvalue weighted by molar-refractivity contribution is 6.09. The maximum atomic E-state index is 12.6. The number of aliphatic hydroxyl groups is 1. The van der Waals surface area contributed by atoms with E-state index in [1.807, 2.05) is 0 Å². The van der Waals surface area contributed by atoms with Gasteiger partial charge in [-0.05, 0) is 42.5 Å². The van der Waals surface area contributed by atoms with Crippen molar-refractivity contribution in [3.8, 4) is 5.75 Å². The van der Waals surface area contributed by atoms with E-state index in [0.29, 0.717) is 5.69 Å². The molecule has 0 aliphatic carbocycles. The summed E-state index contributed by atoms with van der Waals surface area (Å²) in [6.07, 6.45) is -4.82. The van der Waals surface area contributed by atoms with Gasteiger partial charge in [-0.2, -0.15) is 0 Å². The molecule has 0 unspecified atom stereocenters. The number of carbonyl (C=O) groups excluding carboxylic acids is 3. The second-order valence-corrected chi connectivity index (χ2v) is 7.03. The fourth-order valence-electron chi connectivity index (χ4n) is 3.17. The molecule has 3 rings (SSSR count). The summed E-state index contributed by atoms with van der Waals surface area (Å²) in [6, 6.07) is 10.7. The minimum Gasteiger partial charge on any atom is -0.466 e. The molecule has 180 valence electrons. The van der Waals surface area contributed by atoms with Crippen LogP contribution in [0.2, 0.25) is 0 Å². The van der Waals surface area contributed by atoms with Crippen molar-refractivity contribution in [2.45, 2.75) is 6.36 Å². The molecule has 0 aromatic heterocycles. The van der Waals surface area contributed by atoms with Gasteiger partial charge < -0.3 is 30.1 Å². The van der Waals surface area contributed by atoms with Crippen molar-refractivity contribution >= 4 is 29.2 Å². The Morgan fingerprint density at radius 2 is 1.82 bits per heavy atom. The lowest BCUT2D eigenvalue weighted by Gasteiger charge is -2.15. The lowest BCUT2D eigenvalue weighted by Crippen LogP contribution is -2.31. The normalized spacial score (nSPS) is 13.7. The second kappa shape index (κ2) is 10.3. The van der Waals surface area contributed by atoms with Crippen LogP contribution in [-0.2, 0) is 14.3 Å². The molecular formula is C22H20F3N3O6. The summed E-state index contributed by atoms with van der Waals surface area (Å²) in [4.78, 5) is 38.6. The van der Waals surface area contributed by atoms with Crippen LogP contribution in [0.5, 0.6) is 5.75 Å². The lowest BCUT2D eigenvalue weighted by molar-refractivity contribution is -0.274. The number of hydrogen-bond acceptors (Lipinski definition) is 7. The molecule has 0 bridgehead atoms. The zero-order valence-corrected chi connectivity index (χ0v) is 17.8. The Balaban J connectivity index is 1.74. The smallest absolute Gasteiger partial charge is 0.466 e. The highest BCUT2D eigenvalue weighted by Gasteiger charge is 2.34. The van der Waals surface area contributed by atoms with E-state index in [4.69, 9.17) is 9.84 Å². The SMILES string of the molecule is COC(=O)C1=C(Nc2cccc(C(=O)Nc3ccc(OC(F)(F)F)cc3)c2)C(=O)N(CCO)C1. The molecule has 1 aliphatic rings. The zero-order valence-electron chi connectivity index (χ0n) is 17.8. The summed E-state index contributed by atoms with van der Waals surface area (Å²) in [6.45, 7) is -0.297. The first-order chi connectivity index (χ1) is 16.1. The summed E-state index contributed by atoms with van der Waals surface area (Å²) in [5.74, 6) is -2.20. The first-order valence-electron chi connectivity index (χ1n) is 9.87. The predicted octanol–water partition coefficient (Wildman–Crippen LogP) is 2.51. The Labute approximate surface area is 191 Å². The minimum atomic E-state index is -4.82. The van der Waals surface area contributed by atoms with Gasteiger partial charge in [0.15, 0.2) is 0 Å². The van der Waals surface area contributed by atoms with Gasteiger partial charge in [-0.15, -0.1) is 13.2 Å². The van der Waals surface area contributed by atoms with Gasteiger partial charge in [0.05, 0.1) is 25.8 Å². The Morgan fingerprint density at radius 3 is 2.44 bits per heavy atom. The predicted molar refractivity (Wildman–Crippen MR) is 114 cm³/mol. The van der Waals surface area contributed by atoms with Crippen LogP contribution in [-0.4, -0.2) is 61.0 Å². The van der Waals surface area contributed by atoms with Crippen LogP contribution in [0, 0.1) is 0 Å². The summed E-state index contributed by atoms with van der Waals surface area (Å²) >= 11 is 0. The van der Waals surface area contributed by atoms with Crippen LogP contribution in [0.1, 0.15) is 10.4 Å². The molecule has 34 heavy (non-hydrogen) atoms. The van der Waals surface area contributed by atoms with Crippen LogP contribution < -0.4 is 15.4 Å². The van der Waals surface area contributed by atoms with Crippen molar-refractivity contribution in [1.82, 2.24) is 4.90 Å². The number of halogens is 3. The van der Waals surface area contributed by atoms with Gasteiger partial charge in [-0.25, -0.2) is 4.79 Å². The van der Waals surface area contributed by atoms with Crippen molar-refractivity contribution in [2.75, 3.05) is 37.4 Å². The first kappa shape index (κ1) is 24.6. The van der Waals surface area contributed by atoms with Crippen molar-refractivity contribution < 1.29 is 42.1 Å². The van der Waals surface area contributed by atoms with Gasteiger partial charge in [-0.1, -0.05) is 6.07 Å². The van der Waals surface area contributed by atoms with E-state index >= 15 is 0 Å². The maximum absolute atomic E-state index is 12.6. The van der Waals surface area contributed by atoms with Crippen molar-refractivity contribution in [1.29, 1.82) is 0 Å². The van der Waals surface area contributed by atoms with Crippen LogP contribution in [0.25, 0.3) is 0 Å². The molecule has 0 saturated carbocycles. The Morgan fingerprint density at radius 1 is 1.12 bits per heavy atom. The summed E-state index contributed by atoms with van der Waals surface area (Å²) in [7, 11) is 1.18. The van der Waals surface area contributed by atoms with E-state index in [2.05, 4.69) is 15.4 Å². The molecule has 9 nitrogen and oxygen atoms in total. The van der Waals surface area contributed by atoms with Crippen LogP contribution in [0.15, 0.2) is 59.8 Å². The third-order valence-corrected chi connectivity index (χ3v) is 4.69. The van der Waals surface area contributed by atoms with Gasteiger partial charge in [0.2, 0.25) is 0 Å². The number of esters is 1. The third-order valence-electron chi connectivity index (χ3n) is 4.69. The molecule has 2 amide bonds. The van der Waals surface area contributed by atoms with E-state index in [1.54, 1.807) is 12.1 Å². The van der Waals surface area contributed by atoms with Gasteiger partial charge in [-0.3, -0.25) is 9.59 Å². The van der Waals surface area contributed by atoms with E-state index in [0.717, 1.165) is 12.1 Å². The molecule has 0 radical (unpaired) electrons. The number of nitrogens with one attached hydrogen (secondary N) is 2. The largest absolute Gasteiger partial charge is 0.573 e. The number of methoxy groups -OCH3 is 1. The van der Waals surface area contributed by atoms with Crippen LogP contribution in [0.3, 0.4) is 0 Å². The number of hydrogen-bond donors (Lipinski definition) is 3. The molecule has 2 aromatic carbocycles. The number of rotatable bonds is 8. The highest BCUT2D eigenvalue weighted by Crippen LogP contribution is 2.25. The molecule has 1 aliphatic heterocycles. The third kappa shape index (κ3) is 6.04. The molecule has 0 saturated heterocycles. The number of carbonyl (C=O) groups is 3. The quantitative estimate of drug-likeness (QED) is 0.498. The Bertz CT molecular complexity index is 1120. The van der Waals surface area contributed by atoms with Crippen LogP contribution >= 0.6 is 0 Å². The van der Waals surface area contributed by atoms with Crippen molar-refractivity contribution in [3.05, 3.63) is 65.4 Å². The van der Waals surface area contributed by atoms with E-state index in [-0.39, 0.29) is 42.2 Å². The average molecular weight is 479 g/mol. The molecular weight excluding hydrogens is 459 g/mol. The number of benzene rings is 2. The molecule has 12 heteroatoms. The van der Waals surface area contributed by atoms with E-state index < -0.39 is 29.9 Å². The van der Waals surface area contributed by atoms with Crippen molar-refractivity contribution in [3.63, 3.8) is 0 Å². The Kier molecular flexibility index (Phi) is 7.41. The number of anilines is 2. The zero-order chi connectivity index (χ0) is 24.9. The number of ether oxygens (including phenoxy) is 2. The number of aliphatic hydroxyl groups excluding tert-OH is 1. The van der Waals surface area contributed by atoms with Gasteiger partial charge in [0.1, 0.15) is 11.4 Å². The molecule has 0 fully saturated rings. The highest BCUT2D eigenvalue weighted by atomic mass is 19.4. The topological polar surface area (TPSA) is 117 Å². The number of alkyl halides is 3. The number of nitrogens with zero attached hydrogens (tertiary/aromatic N) is 1. The standard InChI is InChI=1S/C22H20F3N3O6/c1-33-21(32)17-12-28(9-10-29)20(31)18(17)26-15-4-2-3-13(11-15)19(30)27-14-5-7-16(8-6-14)34-22(23,24)25/h2-8,11,26,29H,9-10,12H2,1H3,(H,27,30). The number of amides is 2. The number of β-amino-alcohol motifs (C(OH)–C–C–N with tert-alkyl or cyclic N) is 1. The van der Waals surface area contributed by atoms with Crippen molar-refractivity contribution in [2.24, 2.45) is 0 Å². The fraction of sp³-hybridized carbons (Fsp3) is 0.227. The first-order valence-corrected chi connectivity index (χ1v) is 9.87. The lowest BCUT2D eigenvalue weighted by atomic mass is 10.1. The molecule has 0 spiro atoms. The Hall–Kier alpha value is -4.06. The molecule has 3 N–H and O–H groups in total. The average Bonchev–Trinajstić information content (AvgIpc) is 3.09. The minimum absolute atomic E-state index is 0.0275. The maximum Gasteiger partial charge on any atom is 0.573 e. The monoisotopic (exact) mass is 479 g/mol.